The molecular formula is C5BCsF11N. The van der Waals surface area contributed by atoms with Crippen molar-refractivity contribution in [2.45, 2.75) is 23.8 Å². The van der Waals surface area contributed by atoms with Gasteiger partial charge in [-0.2, -0.15) is 30.7 Å². The van der Waals surface area contributed by atoms with Crippen LogP contribution in [-0.4, -0.2) is 30.5 Å². The smallest absolute Gasteiger partial charge is 0.461 e. The summed E-state index contributed by atoms with van der Waals surface area (Å²) in [5.74, 6) is -22.7. The molecule has 19 heavy (non-hydrogen) atoms. The van der Waals surface area contributed by atoms with Crippen LogP contribution in [0.2, 0.25) is 0 Å². The Morgan fingerprint density at radius 3 is 1.26 bits per heavy atom. The van der Waals surface area contributed by atoms with Gasteiger partial charge in [0, 0.05) is 0 Å². The molecule has 0 N–H and O–H groups in total. The molecule has 0 bridgehead atoms. The normalized spacial score (nSPS) is 14.6. The maximum Gasteiger partial charge on any atom is 1.00 e. The fourth-order valence-corrected chi connectivity index (χ4v) is 0.696. The number of rotatable bonds is 3. The summed E-state index contributed by atoms with van der Waals surface area (Å²) in [5.41, 5.74) is 0. The number of alkyl halides is 9. The Kier molecular flexibility index (Phi) is 6.88. The second kappa shape index (κ2) is 5.91. The summed E-state index contributed by atoms with van der Waals surface area (Å²) in [6, 6.07) is 0. The van der Waals surface area contributed by atoms with Crippen LogP contribution in [0.3, 0.4) is 0 Å². The van der Waals surface area contributed by atoms with E-state index in [1.165, 1.54) is 0 Å². The minimum atomic E-state index is -7.47. The first-order valence-corrected chi connectivity index (χ1v) is 3.69. The molecule has 0 rings (SSSR count). The summed E-state index contributed by atoms with van der Waals surface area (Å²) in [6.07, 6.45) is -7.19. The quantitative estimate of drug-likeness (QED) is 0.475. The molecule has 0 aromatic carbocycles. The van der Waals surface area contributed by atoms with Crippen molar-refractivity contribution >= 4 is 6.70 Å². The Morgan fingerprint density at radius 2 is 1.05 bits per heavy atom. The van der Waals surface area contributed by atoms with Gasteiger partial charge in [-0.25, -0.2) is 14.0 Å². The summed E-state index contributed by atoms with van der Waals surface area (Å²) in [6.45, 7) is -7.12. The fraction of sp³-hybridized carbons (Fsp3) is 0.800. The van der Waals surface area contributed by atoms with Crippen LogP contribution in [0, 0.1) is 11.2 Å². The first kappa shape index (κ1) is 22.1. The summed E-state index contributed by atoms with van der Waals surface area (Å²) in [5, 5.41) is 7.45. The summed E-state index contributed by atoms with van der Waals surface area (Å²) in [7, 11) is 0. The van der Waals surface area contributed by atoms with Crippen molar-refractivity contribution in [3.05, 3.63) is 0 Å². The van der Waals surface area contributed by atoms with Gasteiger partial charge in [-0.15, -0.1) is 0 Å². The molecule has 0 atom stereocenters. The van der Waals surface area contributed by atoms with Gasteiger partial charge in [-0.1, -0.05) is 5.97 Å². The molecule has 0 unspecified atom stereocenters. The number of halogens is 11. The van der Waals surface area contributed by atoms with Gasteiger partial charge in [0.25, 0.3) is 5.82 Å². The van der Waals surface area contributed by atoms with Crippen LogP contribution in [-0.2, 0) is 0 Å². The zero-order chi connectivity index (χ0) is 15.2. The fourth-order valence-electron chi connectivity index (χ4n) is 0.696. The zero-order valence-corrected chi connectivity index (χ0v) is 15.0. The molecule has 0 radical (unpaired) electrons. The third kappa shape index (κ3) is 3.36. The molecule has 0 aliphatic heterocycles. The van der Waals surface area contributed by atoms with E-state index in [4.69, 9.17) is 5.26 Å². The van der Waals surface area contributed by atoms with Crippen LogP contribution in [0.25, 0.3) is 0 Å². The van der Waals surface area contributed by atoms with Crippen molar-refractivity contribution in [1.29, 1.82) is 5.26 Å². The second-order valence-corrected chi connectivity index (χ2v) is 3.06. The van der Waals surface area contributed by atoms with Gasteiger partial charge in [0.15, 0.2) is 0 Å². The van der Waals surface area contributed by atoms with Crippen molar-refractivity contribution in [3.8, 4) is 5.97 Å². The third-order valence-corrected chi connectivity index (χ3v) is 1.79. The predicted molar refractivity (Wildman–Crippen MR) is 34.5 cm³/mol. The van der Waals surface area contributed by atoms with E-state index in [1.54, 1.807) is 0 Å². The van der Waals surface area contributed by atoms with Crippen molar-refractivity contribution in [1.82, 2.24) is 0 Å². The van der Waals surface area contributed by atoms with E-state index < -0.39 is 36.5 Å². The maximum absolute atomic E-state index is 12.3. The number of hydrogen-bond acceptors (Lipinski definition) is 1. The summed E-state index contributed by atoms with van der Waals surface area (Å²) in [4.78, 5) is 0. The first-order chi connectivity index (χ1) is 7.56. The van der Waals surface area contributed by atoms with Gasteiger partial charge in [0.2, 0.25) is 0 Å². The van der Waals surface area contributed by atoms with Crippen molar-refractivity contribution in [3.63, 3.8) is 0 Å². The minimum Gasteiger partial charge on any atom is -0.461 e. The Morgan fingerprint density at radius 1 is 0.737 bits per heavy atom. The molecule has 0 saturated carbocycles. The zero-order valence-electron chi connectivity index (χ0n) is 8.68. The molecule has 0 saturated heterocycles. The van der Waals surface area contributed by atoms with Crippen molar-refractivity contribution in [2.24, 2.45) is 0 Å². The van der Waals surface area contributed by atoms with Crippen LogP contribution >= 0.6 is 0 Å². The van der Waals surface area contributed by atoms with Gasteiger partial charge in [0.1, 0.15) is 0 Å². The van der Waals surface area contributed by atoms with Crippen LogP contribution in [0.4, 0.5) is 48.1 Å². The molecule has 0 aliphatic rings. The summed E-state index contributed by atoms with van der Waals surface area (Å²) >= 11 is 0. The summed E-state index contributed by atoms with van der Waals surface area (Å²) < 4.78 is 132. The average Bonchev–Trinajstić information content (AvgIpc) is 2.15. The van der Waals surface area contributed by atoms with Gasteiger partial charge >= 0.3 is 93.6 Å². The van der Waals surface area contributed by atoms with Crippen LogP contribution in [0.5, 0.6) is 0 Å². The van der Waals surface area contributed by atoms with Gasteiger partial charge in [0.05, 0.1) is 0 Å². The van der Waals surface area contributed by atoms with E-state index in [9.17, 15) is 48.1 Å². The van der Waals surface area contributed by atoms with Gasteiger partial charge in [-0.05, 0) is 0 Å². The molecule has 1 nitrogen and oxygen atoms in total. The molecular weight excluding hydrogens is 427 g/mol. The Bertz CT molecular complexity index is 368. The van der Waals surface area contributed by atoms with E-state index in [1.807, 2.05) is 0 Å². The molecule has 0 spiro atoms. The van der Waals surface area contributed by atoms with E-state index in [0.29, 0.717) is 0 Å². The number of hydrogen-bond donors (Lipinski definition) is 0. The monoisotopic (exact) mass is 427 g/mol. The average molecular weight is 427 g/mol. The number of nitrogens with zero attached hydrogens (tertiary/aromatic N) is 1. The van der Waals surface area contributed by atoms with E-state index >= 15 is 0 Å². The van der Waals surface area contributed by atoms with Crippen LogP contribution in [0.15, 0.2) is 0 Å². The number of nitriles is 1. The predicted octanol–water partition coefficient (Wildman–Crippen LogP) is 0.442. The van der Waals surface area contributed by atoms with E-state index in [2.05, 4.69) is 0 Å². The Balaban J connectivity index is 0. The molecule has 0 fully saturated rings. The molecule has 14 heteroatoms. The minimum absolute atomic E-state index is 0. The Hall–Kier alpha value is 0.837. The molecule has 106 valence electrons. The molecule has 0 aliphatic carbocycles. The van der Waals surface area contributed by atoms with Crippen molar-refractivity contribution < 1.29 is 117 Å². The first-order valence-electron chi connectivity index (χ1n) is 3.69. The van der Waals surface area contributed by atoms with E-state index in [0.717, 1.165) is 0 Å². The third-order valence-electron chi connectivity index (χ3n) is 1.79. The van der Waals surface area contributed by atoms with Gasteiger partial charge < -0.3 is 8.63 Å². The van der Waals surface area contributed by atoms with Crippen molar-refractivity contribution in [2.75, 3.05) is 0 Å². The molecule has 0 amide bonds. The topological polar surface area (TPSA) is 23.8 Å². The van der Waals surface area contributed by atoms with Crippen LogP contribution < -0.4 is 68.9 Å². The van der Waals surface area contributed by atoms with E-state index in [-0.39, 0.29) is 68.9 Å². The second-order valence-electron chi connectivity index (χ2n) is 3.06. The largest absolute Gasteiger partial charge is 1.00 e. The standard InChI is InChI=1S/C5BF11N.Cs/c7-2(8,3(9,10)5(13,14)15)4(11,12)6(16,17)1-18;/q-1;+1. The van der Waals surface area contributed by atoms with Gasteiger partial charge in [-0.3, -0.25) is 0 Å². The maximum atomic E-state index is 12.3. The van der Waals surface area contributed by atoms with Crippen LogP contribution in [0.1, 0.15) is 0 Å². The molecule has 0 aromatic heterocycles. The molecule has 0 aromatic rings. The Labute approximate surface area is 156 Å². The SMILES string of the molecule is N#C[B-](F)(F)C(F)(F)C(F)(F)C(F)(F)C(F)(F)F.[Cs+]. The molecule has 0 heterocycles.